The fourth-order valence-corrected chi connectivity index (χ4v) is 5.95. The van der Waals surface area contributed by atoms with Crippen molar-refractivity contribution in [1.82, 2.24) is 15.1 Å². The summed E-state index contributed by atoms with van der Waals surface area (Å²) < 4.78 is 35.8. The van der Waals surface area contributed by atoms with Crippen molar-refractivity contribution >= 4 is 31.5 Å². The third kappa shape index (κ3) is 4.85. The lowest BCUT2D eigenvalue weighted by Crippen LogP contribution is -2.27. The summed E-state index contributed by atoms with van der Waals surface area (Å²) in [6, 6.07) is 28.7. The lowest BCUT2D eigenvalue weighted by Gasteiger charge is -2.10. The van der Waals surface area contributed by atoms with E-state index in [4.69, 9.17) is 4.74 Å². The maximum Gasteiger partial charge on any atom is 0.226 e. The molecular weight excluding hydrogens is 470 g/mol. The first kappa shape index (κ1) is 24.0. The van der Waals surface area contributed by atoms with Gasteiger partial charge < -0.3 is 10.1 Å². The van der Waals surface area contributed by atoms with Gasteiger partial charge in [-0.15, -0.1) is 0 Å². The molecule has 5 aromatic rings. The van der Waals surface area contributed by atoms with Gasteiger partial charge in [0, 0.05) is 23.4 Å². The number of rotatable bonds is 9. The van der Waals surface area contributed by atoms with Crippen LogP contribution in [-0.2, 0) is 16.4 Å². The van der Waals surface area contributed by atoms with E-state index in [1.54, 1.807) is 22.9 Å². The largest absolute Gasteiger partial charge is 0.492 e. The van der Waals surface area contributed by atoms with E-state index in [0.29, 0.717) is 42.3 Å². The van der Waals surface area contributed by atoms with Gasteiger partial charge in [-0.25, -0.2) is 8.42 Å². The van der Waals surface area contributed by atoms with Crippen molar-refractivity contribution in [2.24, 2.45) is 0 Å². The number of nitrogens with zero attached hydrogens (tertiary/aromatic N) is 2. The highest BCUT2D eigenvalue weighted by Crippen LogP contribution is 2.34. The molecule has 0 radical (unpaired) electrons. The Kier molecular flexibility index (Phi) is 6.76. The number of hydrogen-bond acceptors (Lipinski definition) is 5. The minimum Gasteiger partial charge on any atom is -0.492 e. The van der Waals surface area contributed by atoms with E-state index < -0.39 is 9.84 Å². The summed E-state index contributed by atoms with van der Waals surface area (Å²) in [7, 11) is -3.92. The van der Waals surface area contributed by atoms with Gasteiger partial charge >= 0.3 is 0 Å². The number of benzene rings is 4. The van der Waals surface area contributed by atoms with E-state index in [1.807, 2.05) is 72.8 Å². The number of ether oxygens (including phenoxy) is 1. The van der Waals surface area contributed by atoms with Crippen molar-refractivity contribution in [3.63, 3.8) is 0 Å². The molecule has 0 atom stereocenters. The third-order valence-corrected chi connectivity index (χ3v) is 7.83. The Morgan fingerprint density at radius 3 is 2.44 bits per heavy atom. The molecule has 0 spiro atoms. The van der Waals surface area contributed by atoms with Gasteiger partial charge in [0.1, 0.15) is 12.4 Å². The highest BCUT2D eigenvalue weighted by Gasteiger charge is 2.27. The molecule has 0 aliphatic rings. The molecule has 4 aromatic carbocycles. The molecule has 0 aliphatic heterocycles. The van der Waals surface area contributed by atoms with Gasteiger partial charge in [-0.05, 0) is 35.2 Å². The van der Waals surface area contributed by atoms with Crippen molar-refractivity contribution < 1.29 is 13.2 Å². The van der Waals surface area contributed by atoms with Crippen LogP contribution in [0.4, 0.5) is 0 Å². The quantitative estimate of drug-likeness (QED) is 0.273. The molecule has 0 amide bonds. The topological polar surface area (TPSA) is 73.2 Å². The first-order chi connectivity index (χ1) is 17.4. The van der Waals surface area contributed by atoms with E-state index in [-0.39, 0.29) is 9.92 Å². The summed E-state index contributed by atoms with van der Waals surface area (Å²) in [5, 5.41) is 10.1. The summed E-state index contributed by atoms with van der Waals surface area (Å²) in [6.45, 7) is 5.80. The first-order valence-electron chi connectivity index (χ1n) is 12.1. The number of aromatic nitrogens is 2. The molecule has 1 heterocycles. The van der Waals surface area contributed by atoms with Crippen molar-refractivity contribution in [3.8, 4) is 5.75 Å². The summed E-state index contributed by atoms with van der Waals surface area (Å²) in [5.74, 6) is 0.613. The Balaban J connectivity index is 1.61. The highest BCUT2D eigenvalue weighted by atomic mass is 32.2. The maximum atomic E-state index is 14.0. The fourth-order valence-electron chi connectivity index (χ4n) is 4.34. The smallest absolute Gasteiger partial charge is 0.226 e. The molecule has 184 valence electrons. The van der Waals surface area contributed by atoms with E-state index in [0.717, 1.165) is 16.5 Å². The van der Waals surface area contributed by atoms with Crippen LogP contribution >= 0.6 is 0 Å². The summed E-state index contributed by atoms with van der Waals surface area (Å²) in [4.78, 5) is 0.249. The second-order valence-electron chi connectivity index (χ2n) is 9.07. The van der Waals surface area contributed by atoms with E-state index in [2.05, 4.69) is 24.3 Å². The third-order valence-electron chi connectivity index (χ3n) is 6.08. The molecule has 7 heteroatoms. The normalized spacial score (nSPS) is 12.0. The average Bonchev–Trinajstić information content (AvgIpc) is 3.25. The van der Waals surface area contributed by atoms with Crippen LogP contribution in [0.25, 0.3) is 21.7 Å². The number of fused-ring (bicyclic) bond motifs is 2. The Morgan fingerprint density at radius 2 is 1.64 bits per heavy atom. The average molecular weight is 500 g/mol. The Labute approximate surface area is 211 Å². The van der Waals surface area contributed by atoms with Crippen molar-refractivity contribution in [3.05, 3.63) is 96.6 Å². The van der Waals surface area contributed by atoms with Crippen LogP contribution in [0, 0.1) is 0 Å². The molecule has 0 saturated heterocycles. The van der Waals surface area contributed by atoms with Gasteiger partial charge in [-0.1, -0.05) is 80.6 Å². The predicted octanol–water partition coefficient (Wildman–Crippen LogP) is 5.45. The summed E-state index contributed by atoms with van der Waals surface area (Å²) >= 11 is 0. The minimum absolute atomic E-state index is 0.0375. The monoisotopic (exact) mass is 499 g/mol. The molecule has 36 heavy (non-hydrogen) atoms. The van der Waals surface area contributed by atoms with Crippen LogP contribution < -0.4 is 10.1 Å². The predicted molar refractivity (Wildman–Crippen MR) is 143 cm³/mol. The summed E-state index contributed by atoms with van der Waals surface area (Å²) in [6.07, 6.45) is 0. The molecule has 6 nitrogen and oxygen atoms in total. The van der Waals surface area contributed by atoms with Crippen LogP contribution in [-0.4, -0.2) is 37.4 Å². The van der Waals surface area contributed by atoms with Crippen molar-refractivity contribution in [2.45, 2.75) is 36.4 Å². The van der Waals surface area contributed by atoms with Gasteiger partial charge in [-0.3, -0.25) is 4.68 Å². The minimum atomic E-state index is -3.92. The lowest BCUT2D eigenvalue weighted by atomic mass is 10.1. The van der Waals surface area contributed by atoms with Crippen LogP contribution in [0.5, 0.6) is 5.75 Å². The Hall–Kier alpha value is -3.68. The molecule has 0 fully saturated rings. The van der Waals surface area contributed by atoms with Gasteiger partial charge in [0.05, 0.1) is 17.0 Å². The number of hydrogen-bond donors (Lipinski definition) is 1. The maximum absolute atomic E-state index is 14.0. The number of sulfone groups is 1. The standard InChI is InChI=1S/C29H29N3O3S/c1-21(2)30-17-18-35-24-15-16-27-26(19-24)29(31-32(27)20-22-9-4-3-5-10-22)36(33,34)28-14-8-12-23-11-6-7-13-25(23)28/h3-16,19,21,30H,17-18,20H2,1-2H3. The molecule has 1 aromatic heterocycles. The SMILES string of the molecule is CC(C)NCCOc1ccc2c(c1)c(S(=O)(=O)c1cccc3ccccc13)nn2Cc1ccccc1. The molecule has 5 rings (SSSR count). The first-order valence-corrected chi connectivity index (χ1v) is 13.6. The van der Waals surface area contributed by atoms with Crippen LogP contribution in [0.15, 0.2) is 101 Å². The second kappa shape index (κ2) is 10.1. The van der Waals surface area contributed by atoms with Crippen LogP contribution in [0.1, 0.15) is 19.4 Å². The van der Waals surface area contributed by atoms with Crippen LogP contribution in [0.2, 0.25) is 0 Å². The molecular formula is C29H29N3O3S. The number of nitrogens with one attached hydrogen (secondary N) is 1. The zero-order valence-electron chi connectivity index (χ0n) is 20.4. The lowest BCUT2D eigenvalue weighted by molar-refractivity contribution is 0.309. The molecule has 0 bridgehead atoms. The van der Waals surface area contributed by atoms with E-state index in [9.17, 15) is 8.42 Å². The molecule has 1 N–H and O–H groups in total. The molecule has 0 unspecified atom stereocenters. The van der Waals surface area contributed by atoms with Crippen LogP contribution in [0.3, 0.4) is 0 Å². The van der Waals surface area contributed by atoms with Gasteiger partial charge in [0.15, 0.2) is 5.03 Å². The molecule has 0 saturated carbocycles. The Bertz CT molecular complexity index is 1600. The van der Waals surface area contributed by atoms with Crippen molar-refractivity contribution in [1.29, 1.82) is 0 Å². The zero-order valence-corrected chi connectivity index (χ0v) is 21.2. The highest BCUT2D eigenvalue weighted by molar-refractivity contribution is 7.91. The van der Waals surface area contributed by atoms with Crippen molar-refractivity contribution in [2.75, 3.05) is 13.2 Å². The van der Waals surface area contributed by atoms with E-state index in [1.165, 1.54) is 0 Å². The second-order valence-corrected chi connectivity index (χ2v) is 10.9. The fraction of sp³-hybridized carbons (Fsp3) is 0.207. The summed E-state index contributed by atoms with van der Waals surface area (Å²) in [5.41, 5.74) is 1.78. The van der Waals surface area contributed by atoms with Gasteiger partial charge in [0.2, 0.25) is 9.84 Å². The van der Waals surface area contributed by atoms with Gasteiger partial charge in [0.25, 0.3) is 0 Å². The zero-order chi connectivity index (χ0) is 25.1. The van der Waals surface area contributed by atoms with E-state index >= 15 is 0 Å². The Morgan fingerprint density at radius 1 is 0.889 bits per heavy atom. The molecule has 0 aliphatic carbocycles. The van der Waals surface area contributed by atoms with Gasteiger partial charge in [-0.2, -0.15) is 5.10 Å².